The van der Waals surface area contributed by atoms with Crippen LogP contribution in [-0.4, -0.2) is 26.2 Å². The Labute approximate surface area is 154 Å². The van der Waals surface area contributed by atoms with Crippen molar-refractivity contribution >= 4 is 28.4 Å². The number of aryl methyl sites for hydroxylation is 1. The molecule has 0 saturated heterocycles. The molecule has 0 radical (unpaired) electrons. The Morgan fingerprint density at radius 3 is 2.62 bits per heavy atom. The number of aromatic amines is 1. The standard InChI is InChI=1S/C20H17N3O2S/c1-12-17(15-10-6-7-11-16(15)21-12)18(24)13(2)26-20-23-22-19(25-20)14-8-4-3-5-9-14/h3-11,13,21H,1-2H3/t13-/m0/s1. The number of nitrogens with one attached hydrogen (secondary N) is 1. The lowest BCUT2D eigenvalue weighted by atomic mass is 10.1. The summed E-state index contributed by atoms with van der Waals surface area (Å²) in [6.07, 6.45) is 0. The molecule has 5 nitrogen and oxygen atoms in total. The first kappa shape index (κ1) is 16.6. The van der Waals surface area contributed by atoms with Gasteiger partial charge in [0.15, 0.2) is 5.78 Å². The summed E-state index contributed by atoms with van der Waals surface area (Å²) in [5.74, 6) is 0.500. The number of carbonyl (C=O) groups excluding carboxylic acids is 1. The first-order valence-corrected chi connectivity index (χ1v) is 9.18. The molecule has 0 bridgehead atoms. The molecule has 6 heteroatoms. The van der Waals surface area contributed by atoms with Gasteiger partial charge in [-0.3, -0.25) is 4.79 Å². The van der Waals surface area contributed by atoms with E-state index in [1.165, 1.54) is 11.8 Å². The van der Waals surface area contributed by atoms with Crippen LogP contribution >= 0.6 is 11.8 Å². The van der Waals surface area contributed by atoms with E-state index in [1.54, 1.807) is 0 Å². The Bertz CT molecular complexity index is 1070. The quantitative estimate of drug-likeness (QED) is 0.404. The summed E-state index contributed by atoms with van der Waals surface area (Å²) in [4.78, 5) is 16.3. The summed E-state index contributed by atoms with van der Waals surface area (Å²) in [6.45, 7) is 3.78. The average Bonchev–Trinajstić information content (AvgIpc) is 3.25. The lowest BCUT2D eigenvalue weighted by Gasteiger charge is -2.07. The number of fused-ring (bicyclic) bond motifs is 1. The first-order valence-electron chi connectivity index (χ1n) is 8.30. The van der Waals surface area contributed by atoms with Gasteiger partial charge >= 0.3 is 0 Å². The van der Waals surface area contributed by atoms with Gasteiger partial charge in [-0.1, -0.05) is 48.2 Å². The van der Waals surface area contributed by atoms with E-state index >= 15 is 0 Å². The Morgan fingerprint density at radius 1 is 1.08 bits per heavy atom. The third-order valence-electron chi connectivity index (χ3n) is 4.21. The number of nitrogens with zero attached hydrogens (tertiary/aromatic N) is 2. The number of hydrogen-bond donors (Lipinski definition) is 1. The van der Waals surface area contributed by atoms with Gasteiger partial charge in [0, 0.05) is 27.7 Å². The lowest BCUT2D eigenvalue weighted by Crippen LogP contribution is -2.14. The second-order valence-electron chi connectivity index (χ2n) is 6.03. The van der Waals surface area contributed by atoms with E-state index < -0.39 is 0 Å². The van der Waals surface area contributed by atoms with Crippen LogP contribution < -0.4 is 0 Å². The predicted molar refractivity (Wildman–Crippen MR) is 102 cm³/mol. The van der Waals surface area contributed by atoms with Crippen LogP contribution in [0.5, 0.6) is 0 Å². The summed E-state index contributed by atoms with van der Waals surface area (Å²) in [6, 6.07) is 17.4. The van der Waals surface area contributed by atoms with Crippen LogP contribution in [0, 0.1) is 6.92 Å². The molecule has 1 atom stereocenters. The van der Waals surface area contributed by atoms with Gasteiger partial charge in [-0.25, -0.2) is 0 Å². The van der Waals surface area contributed by atoms with Crippen molar-refractivity contribution in [3.63, 3.8) is 0 Å². The molecule has 4 aromatic rings. The van der Waals surface area contributed by atoms with Crippen molar-refractivity contribution in [2.45, 2.75) is 24.3 Å². The maximum absolute atomic E-state index is 13.0. The van der Waals surface area contributed by atoms with E-state index in [9.17, 15) is 4.79 Å². The second kappa shape index (κ2) is 6.80. The zero-order valence-corrected chi connectivity index (χ0v) is 15.2. The molecule has 2 aromatic heterocycles. The molecule has 0 amide bonds. The van der Waals surface area contributed by atoms with Crippen LogP contribution in [0.1, 0.15) is 23.0 Å². The molecule has 130 valence electrons. The van der Waals surface area contributed by atoms with Gasteiger partial charge in [-0.15, -0.1) is 10.2 Å². The van der Waals surface area contributed by atoms with Crippen LogP contribution in [0.2, 0.25) is 0 Å². The fourth-order valence-electron chi connectivity index (χ4n) is 2.96. The molecule has 2 aromatic carbocycles. The number of aromatic nitrogens is 3. The summed E-state index contributed by atoms with van der Waals surface area (Å²) in [5, 5.41) is 9.14. The number of ketones is 1. The van der Waals surface area contributed by atoms with Crippen molar-refractivity contribution in [2.75, 3.05) is 0 Å². The lowest BCUT2D eigenvalue weighted by molar-refractivity contribution is 0.0994. The van der Waals surface area contributed by atoms with Crippen LogP contribution in [0.15, 0.2) is 64.2 Å². The predicted octanol–water partition coefficient (Wildman–Crippen LogP) is 4.89. The van der Waals surface area contributed by atoms with E-state index in [1.807, 2.05) is 68.4 Å². The highest BCUT2D eigenvalue weighted by Gasteiger charge is 2.24. The maximum Gasteiger partial charge on any atom is 0.277 e. The Kier molecular flexibility index (Phi) is 4.34. The van der Waals surface area contributed by atoms with Gasteiger partial charge < -0.3 is 9.40 Å². The topological polar surface area (TPSA) is 71.8 Å². The SMILES string of the molecule is Cc1[nH]c2ccccc2c1C(=O)[C@H](C)Sc1nnc(-c2ccccc2)o1. The van der Waals surface area contributed by atoms with Gasteiger partial charge in [-0.05, 0) is 32.0 Å². The van der Waals surface area contributed by atoms with Gasteiger partial charge in [-0.2, -0.15) is 0 Å². The Balaban J connectivity index is 1.56. The fourth-order valence-corrected chi connectivity index (χ4v) is 3.70. The number of H-pyrrole nitrogens is 1. The number of para-hydroxylation sites is 1. The minimum atomic E-state index is -0.336. The van der Waals surface area contributed by atoms with Crippen molar-refractivity contribution in [2.24, 2.45) is 0 Å². The highest BCUT2D eigenvalue weighted by atomic mass is 32.2. The average molecular weight is 363 g/mol. The van der Waals surface area contributed by atoms with Crippen LogP contribution in [-0.2, 0) is 0 Å². The molecule has 2 heterocycles. The van der Waals surface area contributed by atoms with Crippen molar-refractivity contribution in [1.29, 1.82) is 0 Å². The number of rotatable bonds is 5. The zero-order valence-electron chi connectivity index (χ0n) is 14.4. The van der Waals surface area contributed by atoms with Crippen molar-refractivity contribution in [1.82, 2.24) is 15.2 Å². The molecule has 1 N–H and O–H groups in total. The first-order chi connectivity index (χ1) is 12.6. The van der Waals surface area contributed by atoms with E-state index in [2.05, 4.69) is 15.2 Å². The summed E-state index contributed by atoms with van der Waals surface area (Å²) >= 11 is 1.28. The molecular formula is C20H17N3O2S. The monoisotopic (exact) mass is 363 g/mol. The number of Topliss-reactive ketones (excluding diaryl/α,β-unsaturated/α-hetero) is 1. The number of benzene rings is 2. The van der Waals surface area contributed by atoms with Gasteiger partial charge in [0.1, 0.15) is 0 Å². The molecule has 4 rings (SSSR count). The third kappa shape index (κ3) is 3.04. The summed E-state index contributed by atoms with van der Waals surface area (Å²) in [5.41, 5.74) is 3.43. The minimum absolute atomic E-state index is 0.0458. The summed E-state index contributed by atoms with van der Waals surface area (Å²) in [7, 11) is 0. The number of thioether (sulfide) groups is 1. The Morgan fingerprint density at radius 2 is 1.81 bits per heavy atom. The van der Waals surface area contributed by atoms with Gasteiger partial charge in [0.2, 0.25) is 5.89 Å². The summed E-state index contributed by atoms with van der Waals surface area (Å²) < 4.78 is 5.71. The maximum atomic E-state index is 13.0. The normalized spacial score (nSPS) is 12.4. The number of carbonyl (C=O) groups is 1. The third-order valence-corrected chi connectivity index (χ3v) is 5.15. The van der Waals surface area contributed by atoms with Crippen LogP contribution in [0.3, 0.4) is 0 Å². The van der Waals surface area contributed by atoms with Crippen molar-refractivity contribution in [3.8, 4) is 11.5 Å². The smallest absolute Gasteiger partial charge is 0.277 e. The van der Waals surface area contributed by atoms with E-state index in [0.29, 0.717) is 11.1 Å². The largest absolute Gasteiger partial charge is 0.411 e. The molecule has 0 fully saturated rings. The highest BCUT2D eigenvalue weighted by Crippen LogP contribution is 2.30. The van der Waals surface area contributed by atoms with Crippen LogP contribution in [0.25, 0.3) is 22.4 Å². The zero-order chi connectivity index (χ0) is 18.1. The minimum Gasteiger partial charge on any atom is -0.411 e. The van der Waals surface area contributed by atoms with Crippen LogP contribution in [0.4, 0.5) is 0 Å². The molecule has 0 unspecified atom stereocenters. The number of hydrogen-bond acceptors (Lipinski definition) is 5. The fraction of sp³-hybridized carbons (Fsp3) is 0.150. The van der Waals surface area contributed by atoms with Crippen molar-refractivity contribution < 1.29 is 9.21 Å². The molecule has 0 aliphatic rings. The Hall–Kier alpha value is -2.86. The molecule has 0 aliphatic heterocycles. The second-order valence-corrected chi connectivity index (χ2v) is 7.33. The van der Waals surface area contributed by atoms with E-state index in [-0.39, 0.29) is 11.0 Å². The van der Waals surface area contributed by atoms with Gasteiger partial charge in [0.25, 0.3) is 5.22 Å². The molecular weight excluding hydrogens is 346 g/mol. The highest BCUT2D eigenvalue weighted by molar-refractivity contribution is 8.00. The molecule has 26 heavy (non-hydrogen) atoms. The van der Waals surface area contributed by atoms with Crippen molar-refractivity contribution in [3.05, 3.63) is 65.9 Å². The molecule has 0 aliphatic carbocycles. The van der Waals surface area contributed by atoms with Gasteiger partial charge in [0.05, 0.1) is 5.25 Å². The molecule has 0 saturated carbocycles. The molecule has 0 spiro atoms. The van der Waals surface area contributed by atoms with E-state index in [4.69, 9.17) is 4.42 Å². The van der Waals surface area contributed by atoms with E-state index in [0.717, 1.165) is 27.7 Å².